The summed E-state index contributed by atoms with van der Waals surface area (Å²) in [7, 11) is 0. The van der Waals surface area contributed by atoms with E-state index >= 15 is 0 Å². The molecule has 0 aromatic carbocycles. The van der Waals surface area contributed by atoms with Crippen LogP contribution in [-0.4, -0.2) is 27.8 Å². The Morgan fingerprint density at radius 1 is 1.50 bits per heavy atom. The number of pyridine rings is 1. The van der Waals surface area contributed by atoms with Crippen molar-refractivity contribution in [2.75, 3.05) is 11.4 Å². The first-order chi connectivity index (χ1) is 9.29. The van der Waals surface area contributed by atoms with Crippen molar-refractivity contribution in [3.63, 3.8) is 0 Å². The molecule has 2 heterocycles. The number of carbonyl (C=O) groups excluding carboxylic acids is 2. The summed E-state index contributed by atoms with van der Waals surface area (Å²) < 4.78 is 38.7. The Bertz CT molecular complexity index is 548. The maximum atomic E-state index is 12.9. The summed E-state index contributed by atoms with van der Waals surface area (Å²) in [4.78, 5) is 27.5. The summed E-state index contributed by atoms with van der Waals surface area (Å²) >= 11 is 0.967. The number of hydrogen-bond donors (Lipinski definition) is 0. The molecule has 1 amide bonds. The maximum absolute atomic E-state index is 12.9. The van der Waals surface area contributed by atoms with Gasteiger partial charge in [-0.3, -0.25) is 14.5 Å². The zero-order valence-electron chi connectivity index (χ0n) is 10.5. The van der Waals surface area contributed by atoms with Crippen molar-refractivity contribution in [2.24, 2.45) is 0 Å². The molecule has 0 N–H and O–H groups in total. The third-order valence-corrected chi connectivity index (χ3v) is 3.75. The molecule has 0 saturated carbocycles. The molecule has 4 nitrogen and oxygen atoms in total. The van der Waals surface area contributed by atoms with Crippen molar-refractivity contribution in [3.8, 4) is 0 Å². The molecular formula is C12H11F3N2O2S. The molecule has 0 aliphatic carbocycles. The van der Waals surface area contributed by atoms with Gasteiger partial charge in [0, 0.05) is 31.3 Å². The molecule has 1 saturated heterocycles. The Hall–Kier alpha value is -1.57. The fourth-order valence-electron chi connectivity index (χ4n) is 2.03. The molecule has 1 unspecified atom stereocenters. The molecular weight excluding hydrogens is 293 g/mol. The van der Waals surface area contributed by atoms with Crippen LogP contribution in [0.5, 0.6) is 0 Å². The van der Waals surface area contributed by atoms with Crippen LogP contribution in [0, 0.1) is 0 Å². The minimum Gasteiger partial charge on any atom is -0.295 e. The Kier molecular flexibility index (Phi) is 4.03. The van der Waals surface area contributed by atoms with Gasteiger partial charge in [0.05, 0.1) is 5.56 Å². The Morgan fingerprint density at radius 2 is 2.20 bits per heavy atom. The van der Waals surface area contributed by atoms with Gasteiger partial charge < -0.3 is 0 Å². The van der Waals surface area contributed by atoms with Gasteiger partial charge in [0.25, 0.3) is 0 Å². The van der Waals surface area contributed by atoms with Crippen LogP contribution in [0.2, 0.25) is 0 Å². The normalized spacial score (nSPS) is 19.5. The van der Waals surface area contributed by atoms with Crippen molar-refractivity contribution < 1.29 is 22.8 Å². The molecule has 1 atom stereocenters. The van der Waals surface area contributed by atoms with E-state index in [0.29, 0.717) is 0 Å². The molecule has 1 aliphatic rings. The number of rotatable bonds is 2. The minimum atomic E-state index is -4.57. The van der Waals surface area contributed by atoms with Crippen LogP contribution in [0.3, 0.4) is 0 Å². The molecule has 0 bridgehead atoms. The van der Waals surface area contributed by atoms with Gasteiger partial charge in [0.15, 0.2) is 5.12 Å². The number of nitrogens with zero attached hydrogens (tertiary/aromatic N) is 2. The number of halogens is 3. The molecule has 2 rings (SSSR count). The molecule has 20 heavy (non-hydrogen) atoms. The first-order valence-corrected chi connectivity index (χ1v) is 6.67. The number of amides is 1. The van der Waals surface area contributed by atoms with Crippen LogP contribution in [0.25, 0.3) is 0 Å². The predicted molar refractivity (Wildman–Crippen MR) is 68.3 cm³/mol. The van der Waals surface area contributed by atoms with Gasteiger partial charge in [-0.15, -0.1) is 0 Å². The lowest BCUT2D eigenvalue weighted by Crippen LogP contribution is -2.28. The number of hydrogen-bond acceptors (Lipinski definition) is 4. The summed E-state index contributed by atoms with van der Waals surface area (Å²) in [5.41, 5.74) is -0.943. The van der Waals surface area contributed by atoms with Crippen molar-refractivity contribution in [1.29, 1.82) is 0 Å². The second-order valence-corrected chi connectivity index (χ2v) is 5.79. The Labute approximate surface area is 117 Å². The largest absolute Gasteiger partial charge is 0.419 e. The molecule has 0 spiro atoms. The van der Waals surface area contributed by atoms with Gasteiger partial charge in [-0.25, -0.2) is 4.98 Å². The van der Waals surface area contributed by atoms with Crippen LogP contribution in [0.1, 0.15) is 18.9 Å². The van der Waals surface area contributed by atoms with E-state index < -0.39 is 23.5 Å². The van der Waals surface area contributed by atoms with Crippen LogP contribution in [0.4, 0.5) is 19.0 Å². The monoisotopic (exact) mass is 304 g/mol. The minimum absolute atomic E-state index is 0.0398. The number of anilines is 1. The van der Waals surface area contributed by atoms with Gasteiger partial charge in [0.1, 0.15) is 5.82 Å². The van der Waals surface area contributed by atoms with E-state index in [1.165, 1.54) is 19.2 Å². The predicted octanol–water partition coefficient (Wildman–Crippen LogP) is 2.49. The van der Waals surface area contributed by atoms with Crippen molar-refractivity contribution in [1.82, 2.24) is 4.98 Å². The quantitative estimate of drug-likeness (QED) is 0.842. The van der Waals surface area contributed by atoms with Gasteiger partial charge in [-0.1, -0.05) is 11.8 Å². The van der Waals surface area contributed by atoms with E-state index in [1.807, 2.05) is 0 Å². The molecule has 1 aliphatic heterocycles. The van der Waals surface area contributed by atoms with E-state index in [9.17, 15) is 22.8 Å². The average molecular weight is 304 g/mol. The summed E-state index contributed by atoms with van der Waals surface area (Å²) in [6, 6.07) is 2.07. The highest BCUT2D eigenvalue weighted by molar-refractivity contribution is 8.14. The molecule has 0 radical (unpaired) electrons. The van der Waals surface area contributed by atoms with Crippen LogP contribution < -0.4 is 4.90 Å². The number of thioether (sulfide) groups is 1. The van der Waals surface area contributed by atoms with Gasteiger partial charge in [0.2, 0.25) is 5.91 Å². The topological polar surface area (TPSA) is 50.3 Å². The summed E-state index contributed by atoms with van der Waals surface area (Å²) in [5, 5.41) is -0.496. The standard InChI is InChI=1S/C12H11F3N2O2S/c1-7(18)20-8-5-10(19)17(6-8)11-9(12(13,14)15)3-2-4-16-11/h2-4,8H,5-6H2,1H3. The smallest absolute Gasteiger partial charge is 0.295 e. The molecule has 1 fully saturated rings. The van der Waals surface area contributed by atoms with Crippen molar-refractivity contribution in [2.45, 2.75) is 24.8 Å². The van der Waals surface area contributed by atoms with Gasteiger partial charge >= 0.3 is 6.18 Å². The Morgan fingerprint density at radius 3 is 2.80 bits per heavy atom. The highest BCUT2D eigenvalue weighted by Crippen LogP contribution is 2.37. The second kappa shape index (κ2) is 5.43. The van der Waals surface area contributed by atoms with Crippen molar-refractivity contribution in [3.05, 3.63) is 23.9 Å². The summed E-state index contributed by atoms with van der Waals surface area (Å²) in [6.07, 6.45) is -3.32. The van der Waals surface area contributed by atoms with Crippen LogP contribution in [0.15, 0.2) is 18.3 Å². The van der Waals surface area contributed by atoms with E-state index in [1.54, 1.807) is 0 Å². The first-order valence-electron chi connectivity index (χ1n) is 5.79. The number of carbonyl (C=O) groups is 2. The van der Waals surface area contributed by atoms with Gasteiger partial charge in [-0.2, -0.15) is 13.2 Å². The highest BCUT2D eigenvalue weighted by atomic mass is 32.2. The summed E-state index contributed by atoms with van der Waals surface area (Å²) in [5.74, 6) is -0.843. The van der Waals surface area contributed by atoms with E-state index in [0.717, 1.165) is 22.7 Å². The Balaban J connectivity index is 2.29. The van der Waals surface area contributed by atoms with E-state index in [2.05, 4.69) is 4.98 Å². The average Bonchev–Trinajstić information content (AvgIpc) is 2.68. The SMILES string of the molecule is CC(=O)SC1CC(=O)N(c2ncccc2C(F)(F)F)C1. The zero-order chi connectivity index (χ0) is 14.9. The zero-order valence-corrected chi connectivity index (χ0v) is 11.3. The summed E-state index contributed by atoms with van der Waals surface area (Å²) in [6.45, 7) is 1.42. The molecule has 108 valence electrons. The number of aromatic nitrogens is 1. The molecule has 1 aromatic rings. The lowest BCUT2D eigenvalue weighted by atomic mass is 10.2. The lowest BCUT2D eigenvalue weighted by Gasteiger charge is -2.19. The first kappa shape index (κ1) is 14.8. The van der Waals surface area contributed by atoms with E-state index in [4.69, 9.17) is 0 Å². The third-order valence-electron chi connectivity index (χ3n) is 2.77. The molecule has 1 aromatic heterocycles. The number of alkyl halides is 3. The lowest BCUT2D eigenvalue weighted by molar-refractivity contribution is -0.137. The van der Waals surface area contributed by atoms with Crippen LogP contribution >= 0.6 is 11.8 Å². The molecule has 8 heteroatoms. The highest BCUT2D eigenvalue weighted by Gasteiger charge is 2.40. The van der Waals surface area contributed by atoms with Crippen molar-refractivity contribution >= 4 is 28.6 Å². The van der Waals surface area contributed by atoms with E-state index in [-0.39, 0.29) is 23.3 Å². The van der Waals surface area contributed by atoms with Gasteiger partial charge in [-0.05, 0) is 12.1 Å². The third kappa shape index (κ3) is 3.12. The fraction of sp³-hybridized carbons (Fsp3) is 0.417. The maximum Gasteiger partial charge on any atom is 0.419 e. The second-order valence-electron chi connectivity index (χ2n) is 4.31. The van der Waals surface area contributed by atoms with Crippen LogP contribution in [-0.2, 0) is 15.8 Å². The fourth-order valence-corrected chi connectivity index (χ4v) is 2.95.